The first kappa shape index (κ1) is 11.9. The fourth-order valence-electron chi connectivity index (χ4n) is 1.35. The lowest BCUT2D eigenvalue weighted by molar-refractivity contribution is -0.138. The Labute approximate surface area is 89.2 Å². The van der Waals surface area contributed by atoms with Gasteiger partial charge in [0.05, 0.1) is 0 Å². The van der Waals surface area contributed by atoms with Crippen LogP contribution in [0, 0.1) is 5.92 Å². The first-order chi connectivity index (χ1) is 6.52. The number of aliphatic carboxylic acids is 1. The van der Waals surface area contributed by atoms with E-state index in [1.807, 2.05) is 0 Å². The van der Waals surface area contributed by atoms with Crippen molar-refractivity contribution in [3.05, 3.63) is 0 Å². The van der Waals surface area contributed by atoms with Gasteiger partial charge in [0.25, 0.3) is 0 Å². The molecular weight excluding hydrogens is 200 g/mol. The number of carbonyl (C=O) groups is 1. The maximum Gasteiger partial charge on any atom is 0.319 e. The summed E-state index contributed by atoms with van der Waals surface area (Å²) in [5.41, 5.74) is 0. The Balaban J connectivity index is 2.16. The van der Waals surface area contributed by atoms with E-state index in [9.17, 15) is 4.79 Å². The monoisotopic (exact) mass is 218 g/mol. The van der Waals surface area contributed by atoms with Crippen LogP contribution in [0.5, 0.6) is 0 Å². The first-order valence-electron chi connectivity index (χ1n) is 4.97. The summed E-state index contributed by atoms with van der Waals surface area (Å²) >= 11 is 1.52. The van der Waals surface area contributed by atoms with Crippen LogP contribution in [-0.4, -0.2) is 34.8 Å². The van der Waals surface area contributed by atoms with Crippen LogP contribution in [0.25, 0.3) is 0 Å². The quantitative estimate of drug-likeness (QED) is 0.766. The highest BCUT2D eigenvalue weighted by Gasteiger charge is 2.27. The number of hydrogen-bond acceptors (Lipinski definition) is 3. The zero-order valence-corrected chi connectivity index (χ0v) is 9.60. The third-order valence-electron chi connectivity index (χ3n) is 2.53. The molecule has 0 unspecified atom stereocenters. The van der Waals surface area contributed by atoms with Crippen LogP contribution in [-0.2, 0) is 9.53 Å². The van der Waals surface area contributed by atoms with E-state index in [0.29, 0.717) is 5.92 Å². The van der Waals surface area contributed by atoms with Gasteiger partial charge in [-0.25, -0.2) is 0 Å². The molecule has 1 aliphatic rings. The average Bonchev–Trinajstić information content (AvgIpc) is 2.56. The molecule has 3 nitrogen and oxygen atoms in total. The van der Waals surface area contributed by atoms with E-state index in [1.165, 1.54) is 11.8 Å². The van der Waals surface area contributed by atoms with Crippen LogP contribution in [0.15, 0.2) is 0 Å². The molecule has 0 aromatic heterocycles. The van der Waals surface area contributed by atoms with Crippen LogP contribution in [0.2, 0.25) is 0 Å². The van der Waals surface area contributed by atoms with Crippen molar-refractivity contribution in [2.24, 2.45) is 5.92 Å². The van der Waals surface area contributed by atoms with E-state index < -0.39 is 10.7 Å². The summed E-state index contributed by atoms with van der Waals surface area (Å²) in [6.07, 6.45) is 2.20. The molecular formula is C10H18O3S. The van der Waals surface area contributed by atoms with Crippen LogP contribution in [0.1, 0.15) is 26.7 Å². The summed E-state index contributed by atoms with van der Waals surface area (Å²) in [5.74, 6) is 0.824. The second-order valence-electron chi connectivity index (χ2n) is 4.18. The Bertz CT molecular complexity index is 198. The van der Waals surface area contributed by atoms with Crippen molar-refractivity contribution in [3.63, 3.8) is 0 Å². The van der Waals surface area contributed by atoms with Crippen molar-refractivity contribution < 1.29 is 14.6 Å². The maximum atomic E-state index is 10.8. The third kappa shape index (κ3) is 3.50. The highest BCUT2D eigenvalue weighted by Crippen LogP contribution is 2.27. The van der Waals surface area contributed by atoms with Crippen LogP contribution >= 0.6 is 11.8 Å². The normalized spacial score (nSPS) is 22.6. The van der Waals surface area contributed by atoms with Gasteiger partial charge in [-0.15, -0.1) is 11.8 Å². The van der Waals surface area contributed by atoms with Gasteiger partial charge in [0.2, 0.25) is 0 Å². The number of ether oxygens (including phenoxy) is 1. The van der Waals surface area contributed by atoms with Gasteiger partial charge in [0.1, 0.15) is 4.75 Å². The van der Waals surface area contributed by atoms with Crippen molar-refractivity contribution in [1.29, 1.82) is 0 Å². The lowest BCUT2D eigenvalue weighted by Crippen LogP contribution is -2.27. The predicted molar refractivity (Wildman–Crippen MR) is 57.7 cm³/mol. The Morgan fingerprint density at radius 1 is 1.64 bits per heavy atom. The zero-order chi connectivity index (χ0) is 10.6. The highest BCUT2D eigenvalue weighted by atomic mass is 32.2. The summed E-state index contributed by atoms with van der Waals surface area (Å²) in [5, 5.41) is 8.89. The minimum atomic E-state index is -0.731. The second kappa shape index (κ2) is 5.03. The van der Waals surface area contributed by atoms with Gasteiger partial charge >= 0.3 is 5.97 Å². The van der Waals surface area contributed by atoms with E-state index >= 15 is 0 Å². The van der Waals surface area contributed by atoms with Crippen molar-refractivity contribution in [1.82, 2.24) is 0 Å². The van der Waals surface area contributed by atoms with E-state index in [4.69, 9.17) is 9.84 Å². The molecule has 14 heavy (non-hydrogen) atoms. The number of hydrogen-bond donors (Lipinski definition) is 1. The number of carboxylic acids is 1. The molecule has 0 bridgehead atoms. The largest absolute Gasteiger partial charge is 0.480 e. The standard InChI is InChI=1S/C10H18O3S/c1-10(2,9(11)12)14-6-4-8-3-5-13-7-8/h8H,3-7H2,1-2H3,(H,11,12)/t8-/m1/s1. The van der Waals surface area contributed by atoms with Crippen LogP contribution in [0.4, 0.5) is 0 Å². The molecule has 0 spiro atoms. The highest BCUT2D eigenvalue weighted by molar-refractivity contribution is 8.01. The molecule has 0 aliphatic carbocycles. The molecule has 4 heteroatoms. The Kier molecular flexibility index (Phi) is 4.26. The fraction of sp³-hybridized carbons (Fsp3) is 0.900. The third-order valence-corrected chi connectivity index (χ3v) is 3.86. The molecule has 1 rings (SSSR count). The number of rotatable bonds is 5. The predicted octanol–water partition coefficient (Wildman–Crippen LogP) is 2.01. The molecule has 1 heterocycles. The summed E-state index contributed by atoms with van der Waals surface area (Å²) in [6.45, 7) is 5.24. The maximum absolute atomic E-state index is 10.8. The Morgan fingerprint density at radius 3 is 2.86 bits per heavy atom. The van der Waals surface area contributed by atoms with Gasteiger partial charge < -0.3 is 9.84 Å². The zero-order valence-electron chi connectivity index (χ0n) is 8.78. The molecule has 0 saturated carbocycles. The van der Waals surface area contributed by atoms with Crippen molar-refractivity contribution in [3.8, 4) is 0 Å². The van der Waals surface area contributed by atoms with Crippen LogP contribution in [0.3, 0.4) is 0 Å². The Morgan fingerprint density at radius 2 is 2.36 bits per heavy atom. The lowest BCUT2D eigenvalue weighted by Gasteiger charge is -2.19. The first-order valence-corrected chi connectivity index (χ1v) is 5.96. The molecule has 1 aliphatic heterocycles. The van der Waals surface area contributed by atoms with E-state index in [-0.39, 0.29) is 0 Å². The van der Waals surface area contributed by atoms with E-state index in [0.717, 1.165) is 31.8 Å². The molecule has 0 aromatic carbocycles. The summed E-state index contributed by atoms with van der Waals surface area (Å²) in [4.78, 5) is 10.8. The van der Waals surface area contributed by atoms with E-state index in [1.54, 1.807) is 13.8 Å². The number of thioether (sulfide) groups is 1. The second-order valence-corrected chi connectivity index (χ2v) is 5.90. The molecule has 1 atom stereocenters. The van der Waals surface area contributed by atoms with Crippen molar-refractivity contribution in [2.45, 2.75) is 31.4 Å². The van der Waals surface area contributed by atoms with Gasteiger partial charge in [-0.05, 0) is 38.4 Å². The molecule has 82 valence electrons. The molecule has 1 fully saturated rings. The van der Waals surface area contributed by atoms with Gasteiger partial charge in [-0.1, -0.05) is 0 Å². The minimum absolute atomic E-state index is 0.645. The lowest BCUT2D eigenvalue weighted by atomic mass is 10.1. The van der Waals surface area contributed by atoms with Gasteiger partial charge in [0, 0.05) is 13.2 Å². The summed E-state index contributed by atoms with van der Waals surface area (Å²) < 4.78 is 4.61. The fourth-order valence-corrected chi connectivity index (χ4v) is 2.44. The summed E-state index contributed by atoms with van der Waals surface area (Å²) in [7, 11) is 0. The molecule has 0 aromatic rings. The van der Waals surface area contributed by atoms with Crippen molar-refractivity contribution >= 4 is 17.7 Å². The van der Waals surface area contributed by atoms with Crippen molar-refractivity contribution in [2.75, 3.05) is 19.0 Å². The molecule has 1 saturated heterocycles. The van der Waals surface area contributed by atoms with Gasteiger partial charge in [-0.3, -0.25) is 4.79 Å². The topological polar surface area (TPSA) is 46.5 Å². The van der Waals surface area contributed by atoms with Gasteiger partial charge in [0.15, 0.2) is 0 Å². The molecule has 0 radical (unpaired) electrons. The molecule has 1 N–H and O–H groups in total. The van der Waals surface area contributed by atoms with Crippen LogP contribution < -0.4 is 0 Å². The van der Waals surface area contributed by atoms with E-state index in [2.05, 4.69) is 0 Å². The SMILES string of the molecule is CC(C)(SCC[C@H]1CCOC1)C(=O)O. The Hall–Kier alpha value is -0.220. The smallest absolute Gasteiger partial charge is 0.319 e. The number of carboxylic acid groups (broad SMARTS) is 1. The van der Waals surface area contributed by atoms with Gasteiger partial charge in [-0.2, -0.15) is 0 Å². The minimum Gasteiger partial charge on any atom is -0.480 e. The summed E-state index contributed by atoms with van der Waals surface area (Å²) in [6, 6.07) is 0. The molecule has 0 amide bonds. The average molecular weight is 218 g/mol.